The number of hydrogen-bond donors (Lipinski definition) is 1. The van der Waals surface area contributed by atoms with E-state index in [1.165, 1.54) is 6.26 Å². The van der Waals surface area contributed by atoms with Crippen molar-refractivity contribution >= 4 is 10.0 Å². The van der Waals surface area contributed by atoms with Crippen molar-refractivity contribution in [3.8, 4) is 5.69 Å². The normalized spacial score (nSPS) is 20.3. The second-order valence-corrected chi connectivity index (χ2v) is 8.96. The topological polar surface area (TPSA) is 64.0 Å². The number of nitrogens with one attached hydrogen (secondary N) is 1. The van der Waals surface area contributed by atoms with Gasteiger partial charge in [-0.1, -0.05) is 32.0 Å². The molecule has 3 rings (SSSR count). The van der Waals surface area contributed by atoms with Crippen LogP contribution in [0.1, 0.15) is 43.3 Å². The fourth-order valence-electron chi connectivity index (χ4n) is 3.53. The van der Waals surface area contributed by atoms with Gasteiger partial charge >= 0.3 is 0 Å². The third-order valence-electron chi connectivity index (χ3n) is 4.31. The van der Waals surface area contributed by atoms with E-state index in [0.29, 0.717) is 0 Å². The number of benzene rings is 1. The molecule has 1 heterocycles. The largest absolute Gasteiger partial charge is 0.237 e. The summed E-state index contributed by atoms with van der Waals surface area (Å²) < 4.78 is 28.3. The summed E-state index contributed by atoms with van der Waals surface area (Å²) in [6.45, 7) is 6.29. The van der Waals surface area contributed by atoms with Crippen molar-refractivity contribution in [3.63, 3.8) is 0 Å². The Balaban J connectivity index is 2.15. The predicted octanol–water partition coefficient (Wildman–Crippen LogP) is 2.74. The highest BCUT2D eigenvalue weighted by Gasteiger charge is 2.37. The van der Waals surface area contributed by atoms with Gasteiger partial charge in [0.1, 0.15) is 0 Å². The van der Waals surface area contributed by atoms with Crippen LogP contribution in [0.2, 0.25) is 0 Å². The molecule has 1 aromatic heterocycles. The number of nitrogens with zero attached hydrogens (tertiary/aromatic N) is 2. The van der Waals surface area contributed by atoms with Gasteiger partial charge in [-0.2, -0.15) is 5.10 Å². The number of aromatic nitrogens is 2. The molecule has 0 saturated heterocycles. The van der Waals surface area contributed by atoms with E-state index in [1.54, 1.807) is 0 Å². The summed E-state index contributed by atoms with van der Waals surface area (Å²) in [4.78, 5) is 0. The van der Waals surface area contributed by atoms with Crippen LogP contribution in [0.3, 0.4) is 0 Å². The van der Waals surface area contributed by atoms with Crippen LogP contribution in [-0.2, 0) is 16.4 Å². The Hall–Kier alpha value is -1.66. The van der Waals surface area contributed by atoms with Crippen LogP contribution in [0.4, 0.5) is 0 Å². The molecule has 0 fully saturated rings. The quantitative estimate of drug-likeness (QED) is 0.939. The molecule has 1 aromatic carbocycles. The molecule has 0 unspecified atom stereocenters. The van der Waals surface area contributed by atoms with Gasteiger partial charge in [0, 0.05) is 11.3 Å². The van der Waals surface area contributed by atoms with Gasteiger partial charge in [0.25, 0.3) is 0 Å². The third-order valence-corrected chi connectivity index (χ3v) is 5.03. The lowest BCUT2D eigenvalue weighted by Crippen LogP contribution is -2.36. The highest BCUT2D eigenvalue weighted by atomic mass is 32.2. The maximum absolute atomic E-state index is 11.8. The van der Waals surface area contributed by atoms with Gasteiger partial charge in [-0.3, -0.25) is 0 Å². The summed E-state index contributed by atoms with van der Waals surface area (Å²) in [5, 5.41) is 4.69. The van der Waals surface area contributed by atoms with Crippen LogP contribution in [0, 0.1) is 12.3 Å². The minimum absolute atomic E-state index is 0.00829. The molecule has 0 bridgehead atoms. The van der Waals surface area contributed by atoms with Crippen LogP contribution in [0.5, 0.6) is 0 Å². The van der Waals surface area contributed by atoms with Crippen molar-refractivity contribution in [1.82, 2.24) is 14.5 Å². The second kappa shape index (κ2) is 5.46. The molecule has 1 aliphatic carbocycles. The summed E-state index contributed by atoms with van der Waals surface area (Å²) in [6, 6.07) is 9.77. The van der Waals surface area contributed by atoms with Crippen molar-refractivity contribution in [3.05, 3.63) is 47.3 Å². The van der Waals surface area contributed by atoms with E-state index in [2.05, 4.69) is 18.6 Å². The van der Waals surface area contributed by atoms with E-state index in [0.717, 1.165) is 35.5 Å². The molecule has 1 atom stereocenters. The minimum atomic E-state index is -3.28. The van der Waals surface area contributed by atoms with Gasteiger partial charge in [0.05, 0.1) is 23.7 Å². The van der Waals surface area contributed by atoms with Crippen LogP contribution >= 0.6 is 0 Å². The Morgan fingerprint density at radius 2 is 1.91 bits per heavy atom. The minimum Gasteiger partial charge on any atom is -0.237 e. The lowest BCUT2D eigenvalue weighted by atomic mass is 9.74. The van der Waals surface area contributed by atoms with Crippen LogP contribution in [-0.4, -0.2) is 24.5 Å². The average molecular weight is 333 g/mol. The highest BCUT2D eigenvalue weighted by molar-refractivity contribution is 7.88. The number of hydrogen-bond acceptors (Lipinski definition) is 3. The molecule has 1 N–H and O–H groups in total. The molecule has 23 heavy (non-hydrogen) atoms. The third kappa shape index (κ3) is 3.33. The standard InChI is InChI=1S/C17H23N3O2S/c1-12-16-14(19-23(4,21)22)10-17(2,3)11-15(16)20(18-12)13-8-6-5-7-9-13/h5-9,14,19H,10-11H2,1-4H3/t14-/m0/s1. The van der Waals surface area contributed by atoms with Gasteiger partial charge in [-0.15, -0.1) is 0 Å². The number of aryl methyl sites for hydroxylation is 1. The van der Waals surface area contributed by atoms with Crippen molar-refractivity contribution < 1.29 is 8.42 Å². The molecular weight excluding hydrogens is 310 g/mol. The van der Waals surface area contributed by atoms with Gasteiger partial charge in [-0.25, -0.2) is 17.8 Å². The maximum atomic E-state index is 11.8. The van der Waals surface area contributed by atoms with E-state index >= 15 is 0 Å². The molecule has 124 valence electrons. The summed E-state index contributed by atoms with van der Waals surface area (Å²) >= 11 is 0. The van der Waals surface area contributed by atoms with Crippen LogP contribution < -0.4 is 4.72 Å². The average Bonchev–Trinajstić information content (AvgIpc) is 2.73. The van der Waals surface area contributed by atoms with Crippen LogP contribution in [0.15, 0.2) is 30.3 Å². The predicted molar refractivity (Wildman–Crippen MR) is 91.1 cm³/mol. The Morgan fingerprint density at radius 3 is 2.52 bits per heavy atom. The zero-order valence-electron chi connectivity index (χ0n) is 14.0. The molecule has 0 amide bonds. The molecule has 0 saturated carbocycles. The highest BCUT2D eigenvalue weighted by Crippen LogP contribution is 2.42. The second-order valence-electron chi connectivity index (χ2n) is 7.18. The van der Waals surface area contributed by atoms with Gasteiger partial charge in [-0.05, 0) is 37.3 Å². The smallest absolute Gasteiger partial charge is 0.209 e. The Bertz CT molecular complexity index is 823. The summed E-state index contributed by atoms with van der Waals surface area (Å²) in [5.41, 5.74) is 4.03. The summed E-state index contributed by atoms with van der Waals surface area (Å²) in [7, 11) is -3.28. The molecule has 0 aliphatic heterocycles. The Morgan fingerprint density at radius 1 is 1.26 bits per heavy atom. The first-order valence-corrected chi connectivity index (χ1v) is 9.66. The number of rotatable bonds is 3. The number of fused-ring (bicyclic) bond motifs is 1. The summed E-state index contributed by atoms with van der Waals surface area (Å²) in [5.74, 6) is 0. The van der Waals surface area contributed by atoms with E-state index in [-0.39, 0.29) is 11.5 Å². The van der Waals surface area contributed by atoms with Crippen LogP contribution in [0.25, 0.3) is 5.69 Å². The SMILES string of the molecule is Cc1nn(-c2ccccc2)c2c1[C@@H](NS(C)(=O)=O)CC(C)(C)C2. The molecule has 0 spiro atoms. The molecule has 6 heteroatoms. The van der Waals surface area contributed by atoms with Crippen molar-refractivity contribution in [2.45, 2.75) is 39.7 Å². The van der Waals surface area contributed by atoms with Crippen molar-refractivity contribution in [2.24, 2.45) is 5.41 Å². The number of sulfonamides is 1. The monoisotopic (exact) mass is 333 g/mol. The maximum Gasteiger partial charge on any atom is 0.209 e. The van der Waals surface area contributed by atoms with E-state index in [9.17, 15) is 8.42 Å². The molecule has 5 nitrogen and oxygen atoms in total. The zero-order valence-corrected chi connectivity index (χ0v) is 14.8. The molecule has 1 aliphatic rings. The summed E-state index contributed by atoms with van der Waals surface area (Å²) in [6.07, 6.45) is 2.86. The van der Waals surface area contributed by atoms with Crippen molar-refractivity contribution in [1.29, 1.82) is 0 Å². The molecular formula is C17H23N3O2S. The fraction of sp³-hybridized carbons (Fsp3) is 0.471. The van der Waals surface area contributed by atoms with Gasteiger partial charge in [0.2, 0.25) is 10.0 Å². The van der Waals surface area contributed by atoms with Gasteiger partial charge < -0.3 is 0 Å². The lowest BCUT2D eigenvalue weighted by Gasteiger charge is -2.35. The first-order chi connectivity index (χ1) is 10.7. The number of para-hydroxylation sites is 1. The first kappa shape index (κ1) is 16.2. The Labute approximate surface area is 137 Å². The van der Waals surface area contributed by atoms with E-state index in [1.807, 2.05) is 41.9 Å². The zero-order chi connectivity index (χ0) is 16.8. The lowest BCUT2D eigenvalue weighted by molar-refractivity contribution is 0.268. The first-order valence-electron chi connectivity index (χ1n) is 7.77. The Kier molecular flexibility index (Phi) is 3.84. The van der Waals surface area contributed by atoms with E-state index in [4.69, 9.17) is 5.10 Å². The molecule has 0 radical (unpaired) electrons. The molecule has 2 aromatic rings. The fourth-order valence-corrected chi connectivity index (χ4v) is 4.25. The van der Waals surface area contributed by atoms with Crippen molar-refractivity contribution in [2.75, 3.05) is 6.26 Å². The van der Waals surface area contributed by atoms with Gasteiger partial charge in [0.15, 0.2) is 0 Å². The van der Waals surface area contributed by atoms with E-state index < -0.39 is 10.0 Å².